The van der Waals surface area contributed by atoms with Crippen LogP contribution in [-0.2, 0) is 6.54 Å². The Balaban J connectivity index is 1.76. The van der Waals surface area contributed by atoms with Crippen LogP contribution in [0.5, 0.6) is 0 Å². The molecular weight excluding hydrogens is 278 g/mol. The Bertz CT molecular complexity index is 467. The van der Waals surface area contributed by atoms with E-state index in [0.717, 1.165) is 18.5 Å². The van der Waals surface area contributed by atoms with E-state index in [2.05, 4.69) is 31.0 Å². The van der Waals surface area contributed by atoms with E-state index in [9.17, 15) is 0 Å². The third-order valence-corrected chi connectivity index (χ3v) is 5.98. The van der Waals surface area contributed by atoms with Gasteiger partial charge in [0.2, 0.25) is 0 Å². The average molecular weight is 308 g/mol. The maximum Gasteiger partial charge on any atom is 0.185 e. The van der Waals surface area contributed by atoms with Gasteiger partial charge in [-0.3, -0.25) is 0 Å². The zero-order valence-corrected chi connectivity index (χ0v) is 14.5. The molecule has 1 aromatic heterocycles. The predicted octanol–water partition coefficient (Wildman–Crippen LogP) is 4.14. The number of nitrogens with one attached hydrogen (secondary N) is 1. The lowest BCUT2D eigenvalue weighted by Crippen LogP contribution is -2.34. The van der Waals surface area contributed by atoms with Crippen molar-refractivity contribution >= 4 is 16.5 Å². The van der Waals surface area contributed by atoms with E-state index in [1.807, 2.05) is 11.3 Å². The molecule has 2 heterocycles. The standard InChI is InChI=1S/C17H29N3S/c1-4-13(3)16-15(10-18-14-7-8-14)21-17(19-16)20-9-5-6-12(2)11-20/h12-14,18H,4-11H2,1-3H3. The van der Waals surface area contributed by atoms with Gasteiger partial charge in [0.25, 0.3) is 0 Å². The summed E-state index contributed by atoms with van der Waals surface area (Å²) in [5.41, 5.74) is 1.35. The smallest absolute Gasteiger partial charge is 0.185 e. The van der Waals surface area contributed by atoms with Crippen LogP contribution < -0.4 is 10.2 Å². The van der Waals surface area contributed by atoms with E-state index in [4.69, 9.17) is 4.98 Å². The molecule has 2 aliphatic rings. The number of piperidine rings is 1. The molecule has 1 aliphatic carbocycles. The number of anilines is 1. The molecule has 21 heavy (non-hydrogen) atoms. The van der Waals surface area contributed by atoms with Gasteiger partial charge in [-0.25, -0.2) is 4.98 Å². The Labute approximate surface area is 133 Å². The summed E-state index contributed by atoms with van der Waals surface area (Å²) in [6.07, 6.45) is 6.57. The van der Waals surface area contributed by atoms with Crippen molar-refractivity contribution in [3.63, 3.8) is 0 Å². The van der Waals surface area contributed by atoms with Gasteiger partial charge in [0.15, 0.2) is 5.13 Å². The van der Waals surface area contributed by atoms with E-state index < -0.39 is 0 Å². The number of rotatable bonds is 6. The molecular formula is C17H29N3S. The fourth-order valence-electron chi connectivity index (χ4n) is 3.08. The monoisotopic (exact) mass is 307 g/mol. The molecule has 1 aliphatic heterocycles. The van der Waals surface area contributed by atoms with Gasteiger partial charge in [-0.2, -0.15) is 0 Å². The Morgan fingerprint density at radius 3 is 2.86 bits per heavy atom. The quantitative estimate of drug-likeness (QED) is 0.856. The molecule has 0 spiro atoms. The molecule has 3 nitrogen and oxygen atoms in total. The summed E-state index contributed by atoms with van der Waals surface area (Å²) >= 11 is 1.93. The zero-order chi connectivity index (χ0) is 14.8. The molecule has 1 N–H and O–H groups in total. The van der Waals surface area contributed by atoms with E-state index in [1.54, 1.807) is 0 Å². The normalized spacial score (nSPS) is 24.3. The minimum Gasteiger partial charge on any atom is -0.348 e. The summed E-state index contributed by atoms with van der Waals surface area (Å²) in [6.45, 7) is 10.3. The third-order valence-electron chi connectivity index (χ3n) is 4.85. The first-order valence-electron chi connectivity index (χ1n) is 8.65. The molecule has 118 valence electrons. The van der Waals surface area contributed by atoms with Crippen LogP contribution in [0.1, 0.15) is 69.4 Å². The molecule has 4 heteroatoms. The molecule has 2 fully saturated rings. The number of hydrogen-bond donors (Lipinski definition) is 1. The van der Waals surface area contributed by atoms with Gasteiger partial charge < -0.3 is 10.2 Å². The fraction of sp³-hybridized carbons (Fsp3) is 0.824. The van der Waals surface area contributed by atoms with Crippen LogP contribution in [0.4, 0.5) is 5.13 Å². The SMILES string of the molecule is CCC(C)c1nc(N2CCCC(C)C2)sc1CNC1CC1. The van der Waals surface area contributed by atoms with Crippen molar-refractivity contribution in [1.82, 2.24) is 10.3 Å². The first kappa shape index (κ1) is 15.3. The van der Waals surface area contributed by atoms with Gasteiger partial charge in [-0.05, 0) is 43.9 Å². The number of hydrogen-bond acceptors (Lipinski definition) is 4. The molecule has 1 aromatic rings. The van der Waals surface area contributed by atoms with Crippen molar-refractivity contribution < 1.29 is 0 Å². The molecule has 0 bridgehead atoms. The second-order valence-corrected chi connectivity index (χ2v) is 8.02. The molecule has 2 unspecified atom stereocenters. The van der Waals surface area contributed by atoms with Crippen LogP contribution in [0.15, 0.2) is 0 Å². The largest absolute Gasteiger partial charge is 0.348 e. The lowest BCUT2D eigenvalue weighted by atomic mass is 10.0. The number of nitrogens with zero attached hydrogens (tertiary/aromatic N) is 2. The summed E-state index contributed by atoms with van der Waals surface area (Å²) in [7, 11) is 0. The highest BCUT2D eigenvalue weighted by atomic mass is 32.1. The molecule has 3 rings (SSSR count). The van der Waals surface area contributed by atoms with Gasteiger partial charge in [0.05, 0.1) is 5.69 Å². The Hall–Kier alpha value is -0.610. The fourth-order valence-corrected chi connectivity index (χ4v) is 4.24. The molecule has 0 radical (unpaired) electrons. The van der Waals surface area contributed by atoms with Crippen molar-refractivity contribution in [2.45, 2.75) is 71.4 Å². The van der Waals surface area contributed by atoms with Crippen LogP contribution in [0.3, 0.4) is 0 Å². The molecule has 1 saturated heterocycles. The topological polar surface area (TPSA) is 28.2 Å². The van der Waals surface area contributed by atoms with Crippen LogP contribution in [0.25, 0.3) is 0 Å². The highest BCUT2D eigenvalue weighted by molar-refractivity contribution is 7.15. The third kappa shape index (κ3) is 3.78. The van der Waals surface area contributed by atoms with E-state index in [0.29, 0.717) is 5.92 Å². The van der Waals surface area contributed by atoms with E-state index >= 15 is 0 Å². The zero-order valence-electron chi connectivity index (χ0n) is 13.7. The van der Waals surface area contributed by atoms with Gasteiger partial charge >= 0.3 is 0 Å². The van der Waals surface area contributed by atoms with Gasteiger partial charge in [0.1, 0.15) is 0 Å². The summed E-state index contributed by atoms with van der Waals surface area (Å²) < 4.78 is 0. The number of thiazole rings is 1. The van der Waals surface area contributed by atoms with E-state index in [1.165, 1.54) is 60.9 Å². The van der Waals surface area contributed by atoms with Crippen LogP contribution in [0.2, 0.25) is 0 Å². The van der Waals surface area contributed by atoms with Crippen molar-refractivity contribution in [1.29, 1.82) is 0 Å². The van der Waals surface area contributed by atoms with Crippen LogP contribution in [-0.4, -0.2) is 24.1 Å². The molecule has 0 amide bonds. The Morgan fingerprint density at radius 1 is 1.38 bits per heavy atom. The van der Waals surface area contributed by atoms with Crippen molar-refractivity contribution in [3.05, 3.63) is 10.6 Å². The van der Waals surface area contributed by atoms with Crippen LogP contribution >= 0.6 is 11.3 Å². The first-order chi connectivity index (χ1) is 10.2. The summed E-state index contributed by atoms with van der Waals surface area (Å²) in [4.78, 5) is 9.04. The molecule has 1 saturated carbocycles. The predicted molar refractivity (Wildman–Crippen MR) is 91.3 cm³/mol. The van der Waals surface area contributed by atoms with E-state index in [-0.39, 0.29) is 0 Å². The van der Waals surface area contributed by atoms with Crippen molar-refractivity contribution in [3.8, 4) is 0 Å². The second kappa shape index (κ2) is 6.66. The minimum atomic E-state index is 0.577. The molecule has 2 atom stereocenters. The minimum absolute atomic E-state index is 0.577. The Morgan fingerprint density at radius 2 is 2.19 bits per heavy atom. The van der Waals surface area contributed by atoms with Gasteiger partial charge in [-0.15, -0.1) is 11.3 Å². The van der Waals surface area contributed by atoms with Gasteiger partial charge in [-0.1, -0.05) is 20.8 Å². The first-order valence-corrected chi connectivity index (χ1v) is 9.47. The average Bonchev–Trinajstić information content (AvgIpc) is 3.22. The summed E-state index contributed by atoms with van der Waals surface area (Å²) in [5.74, 6) is 1.39. The number of aromatic nitrogens is 1. The van der Waals surface area contributed by atoms with Crippen molar-refractivity contribution in [2.75, 3.05) is 18.0 Å². The lowest BCUT2D eigenvalue weighted by Gasteiger charge is -2.30. The molecule has 0 aromatic carbocycles. The summed E-state index contributed by atoms with van der Waals surface area (Å²) in [5, 5.41) is 4.94. The van der Waals surface area contributed by atoms with Crippen molar-refractivity contribution in [2.24, 2.45) is 5.92 Å². The highest BCUT2D eigenvalue weighted by Gasteiger charge is 2.25. The van der Waals surface area contributed by atoms with Gasteiger partial charge in [0, 0.05) is 30.6 Å². The lowest BCUT2D eigenvalue weighted by molar-refractivity contribution is 0.446. The highest BCUT2D eigenvalue weighted by Crippen LogP contribution is 2.34. The maximum atomic E-state index is 5.04. The summed E-state index contributed by atoms with van der Waals surface area (Å²) in [6, 6.07) is 0.773. The Kier molecular flexibility index (Phi) is 4.85. The van der Waals surface area contributed by atoms with Crippen LogP contribution in [0, 0.1) is 5.92 Å². The second-order valence-electron chi connectivity index (χ2n) is 6.96. The maximum absolute atomic E-state index is 5.04.